The molecule has 29 heavy (non-hydrogen) atoms. The summed E-state index contributed by atoms with van der Waals surface area (Å²) in [6.45, 7) is 2.90. The van der Waals surface area contributed by atoms with Gasteiger partial charge in [-0.15, -0.1) is 0 Å². The predicted molar refractivity (Wildman–Crippen MR) is 108 cm³/mol. The van der Waals surface area contributed by atoms with Gasteiger partial charge in [0.05, 0.1) is 6.04 Å². The number of aliphatic carboxylic acids is 1. The molecule has 0 aromatic heterocycles. The van der Waals surface area contributed by atoms with E-state index in [2.05, 4.69) is 5.32 Å². The maximum absolute atomic E-state index is 13.4. The zero-order valence-electron chi connectivity index (χ0n) is 15.9. The second kappa shape index (κ2) is 9.19. The molecule has 156 valence electrons. The molecule has 0 saturated carbocycles. The van der Waals surface area contributed by atoms with Crippen molar-refractivity contribution in [2.24, 2.45) is 5.92 Å². The standard InChI is InChI=1S/C19H21NO7S2/c1-9(21)28-6-12(7-29-10(2)22)18(23)17-13-5-16-15(26-8-27-16)4-11(13)3-14(20-17)19(24)25/h4-5,12,14,17,20H,3,6-8H2,1-2H3,(H,24,25)/t14-,17?/m0/s1. The Kier molecular flexibility index (Phi) is 6.86. The maximum Gasteiger partial charge on any atom is 0.321 e. The fraction of sp³-hybridized carbons (Fsp3) is 0.474. The summed E-state index contributed by atoms with van der Waals surface area (Å²) in [5, 5.41) is 12.2. The van der Waals surface area contributed by atoms with E-state index in [0.717, 1.165) is 23.5 Å². The molecule has 10 heteroatoms. The van der Waals surface area contributed by atoms with Gasteiger partial charge in [-0.1, -0.05) is 23.5 Å². The first-order chi connectivity index (χ1) is 13.8. The van der Waals surface area contributed by atoms with Gasteiger partial charge in [-0.3, -0.25) is 24.5 Å². The number of carboxylic acids is 1. The summed E-state index contributed by atoms with van der Waals surface area (Å²) in [6.07, 6.45) is 0.208. The van der Waals surface area contributed by atoms with Gasteiger partial charge in [0.1, 0.15) is 6.04 Å². The van der Waals surface area contributed by atoms with Crippen molar-refractivity contribution in [2.75, 3.05) is 18.3 Å². The molecule has 0 amide bonds. The number of hydrogen-bond acceptors (Lipinski definition) is 9. The first-order valence-electron chi connectivity index (χ1n) is 8.98. The Bertz CT molecular complexity index is 839. The molecular weight excluding hydrogens is 418 g/mol. The second-order valence-corrected chi connectivity index (χ2v) is 9.20. The molecular formula is C19H21NO7S2. The van der Waals surface area contributed by atoms with Crippen LogP contribution < -0.4 is 14.8 Å². The zero-order chi connectivity index (χ0) is 21.1. The molecule has 1 aromatic carbocycles. The van der Waals surface area contributed by atoms with Gasteiger partial charge in [-0.2, -0.15) is 0 Å². The Balaban J connectivity index is 1.92. The van der Waals surface area contributed by atoms with E-state index in [4.69, 9.17) is 9.47 Å². The summed E-state index contributed by atoms with van der Waals surface area (Å²) in [7, 11) is 0. The second-order valence-electron chi connectivity index (χ2n) is 6.80. The van der Waals surface area contributed by atoms with Crippen LogP contribution in [0.4, 0.5) is 0 Å². The Hall–Kier alpha value is -2.04. The number of carbonyl (C=O) groups excluding carboxylic acids is 3. The monoisotopic (exact) mass is 439 g/mol. The minimum Gasteiger partial charge on any atom is -0.480 e. The van der Waals surface area contributed by atoms with Gasteiger partial charge in [0.25, 0.3) is 0 Å². The van der Waals surface area contributed by atoms with E-state index in [1.54, 1.807) is 12.1 Å². The number of hydrogen-bond donors (Lipinski definition) is 2. The van der Waals surface area contributed by atoms with E-state index in [9.17, 15) is 24.3 Å². The van der Waals surface area contributed by atoms with Gasteiger partial charge in [0.2, 0.25) is 6.79 Å². The van der Waals surface area contributed by atoms with Crippen LogP contribution in [0.1, 0.15) is 31.0 Å². The highest BCUT2D eigenvalue weighted by atomic mass is 32.2. The van der Waals surface area contributed by atoms with Crippen LogP contribution in [-0.2, 0) is 25.6 Å². The highest BCUT2D eigenvalue weighted by Crippen LogP contribution is 2.40. The summed E-state index contributed by atoms with van der Waals surface area (Å²) in [5.41, 5.74) is 1.35. The molecule has 0 spiro atoms. The van der Waals surface area contributed by atoms with E-state index in [1.165, 1.54) is 13.8 Å². The van der Waals surface area contributed by atoms with Crippen LogP contribution in [-0.4, -0.2) is 51.4 Å². The molecule has 0 saturated heterocycles. The van der Waals surface area contributed by atoms with Gasteiger partial charge in [0.15, 0.2) is 27.5 Å². The van der Waals surface area contributed by atoms with Crippen molar-refractivity contribution in [3.8, 4) is 11.5 Å². The van der Waals surface area contributed by atoms with Crippen molar-refractivity contribution in [1.29, 1.82) is 0 Å². The highest BCUT2D eigenvalue weighted by Gasteiger charge is 2.38. The third kappa shape index (κ3) is 5.12. The van der Waals surface area contributed by atoms with Crippen LogP contribution in [0.3, 0.4) is 0 Å². The van der Waals surface area contributed by atoms with Gasteiger partial charge >= 0.3 is 5.97 Å². The van der Waals surface area contributed by atoms with Crippen molar-refractivity contribution in [1.82, 2.24) is 5.32 Å². The molecule has 2 heterocycles. The van der Waals surface area contributed by atoms with Gasteiger partial charge in [-0.05, 0) is 29.7 Å². The number of carbonyl (C=O) groups is 4. The van der Waals surface area contributed by atoms with Crippen LogP contribution in [0, 0.1) is 5.92 Å². The number of benzene rings is 1. The van der Waals surface area contributed by atoms with Gasteiger partial charge in [0, 0.05) is 31.3 Å². The number of fused-ring (bicyclic) bond motifs is 2. The summed E-state index contributed by atoms with van der Waals surface area (Å²) in [4.78, 5) is 47.8. The van der Waals surface area contributed by atoms with E-state index in [-0.39, 0.29) is 40.7 Å². The lowest BCUT2D eigenvalue weighted by atomic mass is 9.85. The lowest BCUT2D eigenvalue weighted by Crippen LogP contribution is -2.49. The van der Waals surface area contributed by atoms with Gasteiger partial charge < -0.3 is 14.6 Å². The SMILES string of the molecule is CC(=O)SCC(CSC(C)=O)C(=O)C1N[C@H](C(=O)O)Cc2cc3c(cc21)OCO3. The normalized spacial score (nSPS) is 19.7. The number of thioether (sulfide) groups is 2. The lowest BCUT2D eigenvalue weighted by molar-refractivity contribution is -0.140. The van der Waals surface area contributed by atoms with E-state index < -0.39 is 24.0 Å². The van der Waals surface area contributed by atoms with Crippen molar-refractivity contribution in [3.63, 3.8) is 0 Å². The molecule has 2 atom stereocenters. The summed E-state index contributed by atoms with van der Waals surface area (Å²) < 4.78 is 10.8. The minimum absolute atomic E-state index is 0.0692. The molecule has 1 unspecified atom stereocenters. The predicted octanol–water partition coefficient (Wildman–Crippen LogP) is 1.80. The quantitative estimate of drug-likeness (QED) is 0.651. The summed E-state index contributed by atoms with van der Waals surface area (Å²) in [6, 6.07) is 1.62. The Morgan fingerprint density at radius 1 is 1.10 bits per heavy atom. The zero-order valence-corrected chi connectivity index (χ0v) is 17.6. The fourth-order valence-corrected chi connectivity index (χ4v) is 4.88. The van der Waals surface area contributed by atoms with Crippen LogP contribution in [0.25, 0.3) is 0 Å². The van der Waals surface area contributed by atoms with E-state index in [0.29, 0.717) is 22.6 Å². The number of ketones is 1. The number of rotatable bonds is 7. The third-order valence-electron chi connectivity index (χ3n) is 4.70. The Morgan fingerprint density at radius 3 is 2.24 bits per heavy atom. The average Bonchev–Trinajstić information content (AvgIpc) is 3.11. The number of nitrogens with one attached hydrogen (secondary N) is 1. The first-order valence-corrected chi connectivity index (χ1v) is 10.9. The maximum atomic E-state index is 13.4. The third-order valence-corrected chi connectivity index (χ3v) is 6.65. The largest absolute Gasteiger partial charge is 0.480 e. The molecule has 1 aromatic rings. The Labute approximate surface area is 176 Å². The van der Waals surface area contributed by atoms with Crippen molar-refractivity contribution < 1.29 is 33.8 Å². The summed E-state index contributed by atoms with van der Waals surface area (Å²) in [5.74, 6) is -0.422. The van der Waals surface area contributed by atoms with Gasteiger partial charge in [-0.25, -0.2) is 0 Å². The molecule has 2 aliphatic rings. The molecule has 0 fully saturated rings. The molecule has 2 aliphatic heterocycles. The van der Waals surface area contributed by atoms with Crippen molar-refractivity contribution in [3.05, 3.63) is 23.3 Å². The lowest BCUT2D eigenvalue weighted by Gasteiger charge is -2.32. The fourth-order valence-electron chi connectivity index (χ4n) is 3.29. The highest BCUT2D eigenvalue weighted by molar-refractivity contribution is 8.14. The minimum atomic E-state index is -1.06. The van der Waals surface area contributed by atoms with Crippen LogP contribution in [0.2, 0.25) is 0 Å². The molecule has 0 radical (unpaired) electrons. The molecule has 8 nitrogen and oxygen atoms in total. The van der Waals surface area contributed by atoms with Crippen molar-refractivity contribution in [2.45, 2.75) is 32.4 Å². The molecule has 3 rings (SSSR count). The van der Waals surface area contributed by atoms with Crippen molar-refractivity contribution >= 4 is 45.5 Å². The van der Waals surface area contributed by atoms with Crippen LogP contribution in [0.15, 0.2) is 12.1 Å². The number of Topliss-reactive ketones (excluding diaryl/α,β-unsaturated/α-hetero) is 1. The molecule has 0 aliphatic carbocycles. The first kappa shape index (κ1) is 21.7. The number of ether oxygens (including phenoxy) is 2. The summed E-state index contributed by atoms with van der Waals surface area (Å²) >= 11 is 2.04. The Morgan fingerprint density at radius 2 is 1.69 bits per heavy atom. The molecule has 2 N–H and O–H groups in total. The number of carboxylic acid groups (broad SMARTS) is 1. The van der Waals surface area contributed by atoms with Crippen LogP contribution in [0.5, 0.6) is 11.5 Å². The van der Waals surface area contributed by atoms with E-state index >= 15 is 0 Å². The topological polar surface area (TPSA) is 119 Å². The van der Waals surface area contributed by atoms with Crippen LogP contribution >= 0.6 is 23.5 Å². The smallest absolute Gasteiger partial charge is 0.321 e. The molecule has 0 bridgehead atoms. The van der Waals surface area contributed by atoms with E-state index in [1.807, 2.05) is 0 Å². The average molecular weight is 440 g/mol.